The molecule has 0 spiro atoms. The average Bonchev–Trinajstić information content (AvgIpc) is 3.11. The van der Waals surface area contributed by atoms with Crippen molar-refractivity contribution in [3.05, 3.63) is 59.8 Å². The van der Waals surface area contributed by atoms with Crippen LogP contribution in [0, 0.1) is 5.82 Å². The van der Waals surface area contributed by atoms with Crippen molar-refractivity contribution in [2.24, 2.45) is 0 Å². The van der Waals surface area contributed by atoms with E-state index in [0.29, 0.717) is 36.7 Å². The number of imidazole rings is 1. The third-order valence-corrected chi connectivity index (χ3v) is 4.33. The first kappa shape index (κ1) is 17.0. The summed E-state index contributed by atoms with van der Waals surface area (Å²) < 4.78 is 24.9. The van der Waals surface area contributed by atoms with Crippen LogP contribution in [-0.4, -0.2) is 51.1 Å². The quantitative estimate of drug-likeness (QED) is 0.679. The van der Waals surface area contributed by atoms with Crippen molar-refractivity contribution in [2.75, 3.05) is 19.7 Å². The molecule has 0 saturated carbocycles. The SMILES string of the molecule is OC(OCc1ccccc1F)N1CCO[C@H](c2nc3cccnc3[nH]2)C1. The van der Waals surface area contributed by atoms with Crippen LogP contribution in [0.3, 0.4) is 0 Å². The number of ether oxygens (including phenoxy) is 2. The van der Waals surface area contributed by atoms with Crippen LogP contribution in [-0.2, 0) is 16.1 Å². The molecule has 1 aliphatic rings. The van der Waals surface area contributed by atoms with Gasteiger partial charge in [0.2, 0.25) is 6.41 Å². The van der Waals surface area contributed by atoms with Crippen LogP contribution in [0.2, 0.25) is 0 Å². The van der Waals surface area contributed by atoms with E-state index in [1.54, 1.807) is 29.3 Å². The normalized spacial score (nSPS) is 19.7. The van der Waals surface area contributed by atoms with Crippen LogP contribution >= 0.6 is 0 Å². The molecule has 7 nitrogen and oxygen atoms in total. The van der Waals surface area contributed by atoms with E-state index >= 15 is 0 Å². The summed E-state index contributed by atoms with van der Waals surface area (Å²) in [6, 6.07) is 10.0. The number of aliphatic hydroxyl groups is 1. The number of fused-ring (bicyclic) bond motifs is 1. The molecule has 3 heterocycles. The zero-order valence-corrected chi connectivity index (χ0v) is 14.0. The number of pyridine rings is 1. The first-order chi connectivity index (χ1) is 12.7. The van der Waals surface area contributed by atoms with Gasteiger partial charge in [0.05, 0.1) is 13.2 Å². The second-order valence-electron chi connectivity index (χ2n) is 6.08. The summed E-state index contributed by atoms with van der Waals surface area (Å²) in [6.45, 7) is 1.32. The summed E-state index contributed by atoms with van der Waals surface area (Å²) in [7, 11) is 0. The van der Waals surface area contributed by atoms with Gasteiger partial charge in [-0.25, -0.2) is 19.3 Å². The Morgan fingerprint density at radius 3 is 3.08 bits per heavy atom. The minimum atomic E-state index is -1.15. The lowest BCUT2D eigenvalue weighted by Crippen LogP contribution is -2.46. The molecule has 1 aromatic carbocycles. The average molecular weight is 358 g/mol. The predicted molar refractivity (Wildman–Crippen MR) is 91.4 cm³/mol. The van der Waals surface area contributed by atoms with Crippen LogP contribution in [0.25, 0.3) is 11.2 Å². The summed E-state index contributed by atoms with van der Waals surface area (Å²) >= 11 is 0. The smallest absolute Gasteiger partial charge is 0.216 e. The van der Waals surface area contributed by atoms with Crippen molar-refractivity contribution in [1.29, 1.82) is 0 Å². The Morgan fingerprint density at radius 1 is 1.35 bits per heavy atom. The third-order valence-electron chi connectivity index (χ3n) is 4.33. The fourth-order valence-corrected chi connectivity index (χ4v) is 2.94. The highest BCUT2D eigenvalue weighted by Gasteiger charge is 2.29. The Hall–Kier alpha value is -2.39. The number of nitrogens with zero attached hydrogens (tertiary/aromatic N) is 3. The Labute approximate surface area is 149 Å². The van der Waals surface area contributed by atoms with Gasteiger partial charge < -0.3 is 19.6 Å². The summed E-state index contributed by atoms with van der Waals surface area (Å²) in [6.07, 6.45) is 0.215. The lowest BCUT2D eigenvalue weighted by molar-refractivity contribution is -0.225. The van der Waals surface area contributed by atoms with Gasteiger partial charge in [-0.05, 0) is 18.2 Å². The first-order valence-corrected chi connectivity index (χ1v) is 8.40. The molecule has 0 amide bonds. The van der Waals surface area contributed by atoms with E-state index < -0.39 is 6.41 Å². The second-order valence-corrected chi connectivity index (χ2v) is 6.08. The van der Waals surface area contributed by atoms with E-state index in [1.807, 2.05) is 12.1 Å². The molecule has 26 heavy (non-hydrogen) atoms. The number of benzene rings is 1. The Bertz CT molecular complexity index is 855. The van der Waals surface area contributed by atoms with Crippen molar-refractivity contribution >= 4 is 11.2 Å². The lowest BCUT2D eigenvalue weighted by Gasteiger charge is -2.34. The maximum atomic E-state index is 13.7. The van der Waals surface area contributed by atoms with Gasteiger partial charge in [0.25, 0.3) is 0 Å². The molecule has 2 N–H and O–H groups in total. The number of rotatable bonds is 5. The minimum absolute atomic E-state index is 0.00950. The van der Waals surface area contributed by atoms with Gasteiger partial charge in [0.15, 0.2) is 5.65 Å². The largest absolute Gasteiger partial charge is 0.368 e. The maximum absolute atomic E-state index is 13.7. The standard InChI is InChI=1S/C18H19FN4O3/c19-13-5-2-1-4-12(13)11-26-18(24)23-8-9-25-15(10-23)17-21-14-6-3-7-20-16(14)22-17/h1-7,15,18,24H,8-11H2,(H,20,21,22)/t15-,18?/m0/s1. The van der Waals surface area contributed by atoms with Gasteiger partial charge in [-0.2, -0.15) is 0 Å². The van der Waals surface area contributed by atoms with Crippen molar-refractivity contribution in [2.45, 2.75) is 19.1 Å². The molecule has 136 valence electrons. The van der Waals surface area contributed by atoms with E-state index in [-0.39, 0.29) is 18.5 Å². The van der Waals surface area contributed by atoms with Crippen molar-refractivity contribution in [3.63, 3.8) is 0 Å². The summed E-state index contributed by atoms with van der Waals surface area (Å²) in [4.78, 5) is 13.6. The fraction of sp³-hybridized carbons (Fsp3) is 0.333. The monoisotopic (exact) mass is 358 g/mol. The number of H-pyrrole nitrogens is 1. The Kier molecular flexibility index (Phi) is 4.89. The van der Waals surface area contributed by atoms with Gasteiger partial charge >= 0.3 is 0 Å². The Balaban J connectivity index is 1.40. The lowest BCUT2D eigenvalue weighted by atomic mass is 10.2. The molecule has 0 aliphatic carbocycles. The number of aromatic nitrogens is 3. The molecule has 1 aliphatic heterocycles. The van der Waals surface area contributed by atoms with Crippen LogP contribution in [0.4, 0.5) is 4.39 Å². The zero-order valence-electron chi connectivity index (χ0n) is 14.0. The summed E-state index contributed by atoms with van der Waals surface area (Å²) in [5.74, 6) is 0.305. The molecule has 8 heteroatoms. The zero-order chi connectivity index (χ0) is 17.9. The van der Waals surface area contributed by atoms with Crippen LogP contribution in [0.5, 0.6) is 0 Å². The van der Waals surface area contributed by atoms with E-state index in [2.05, 4.69) is 15.0 Å². The summed E-state index contributed by atoms with van der Waals surface area (Å²) in [5, 5.41) is 10.3. The number of hydrogen-bond donors (Lipinski definition) is 2. The minimum Gasteiger partial charge on any atom is -0.368 e. The molecule has 2 atom stereocenters. The van der Waals surface area contributed by atoms with E-state index in [9.17, 15) is 9.50 Å². The second kappa shape index (κ2) is 7.46. The summed E-state index contributed by atoms with van der Waals surface area (Å²) in [5.41, 5.74) is 1.86. The molecule has 2 aromatic heterocycles. The highest BCUT2D eigenvalue weighted by Crippen LogP contribution is 2.23. The van der Waals surface area contributed by atoms with Gasteiger partial charge in [-0.3, -0.25) is 0 Å². The number of aliphatic hydroxyl groups excluding tert-OH is 1. The highest BCUT2D eigenvalue weighted by molar-refractivity contribution is 5.69. The maximum Gasteiger partial charge on any atom is 0.216 e. The molecule has 0 radical (unpaired) electrons. The van der Waals surface area contributed by atoms with Gasteiger partial charge in [-0.1, -0.05) is 18.2 Å². The molecular weight excluding hydrogens is 339 g/mol. The Morgan fingerprint density at radius 2 is 2.23 bits per heavy atom. The van der Waals surface area contributed by atoms with E-state index in [0.717, 1.165) is 5.52 Å². The number of aromatic amines is 1. The molecule has 0 bridgehead atoms. The fourth-order valence-electron chi connectivity index (χ4n) is 2.94. The predicted octanol–water partition coefficient (Wildman–Crippen LogP) is 1.96. The molecular formula is C18H19FN4O3. The molecule has 1 fully saturated rings. The number of hydrogen-bond acceptors (Lipinski definition) is 6. The van der Waals surface area contributed by atoms with Gasteiger partial charge in [0.1, 0.15) is 23.3 Å². The van der Waals surface area contributed by atoms with Gasteiger partial charge in [0, 0.05) is 24.8 Å². The highest BCUT2D eigenvalue weighted by atomic mass is 19.1. The number of nitrogens with one attached hydrogen (secondary N) is 1. The van der Waals surface area contributed by atoms with Crippen LogP contribution in [0.15, 0.2) is 42.6 Å². The topological polar surface area (TPSA) is 83.5 Å². The van der Waals surface area contributed by atoms with Crippen LogP contribution in [0.1, 0.15) is 17.5 Å². The van der Waals surface area contributed by atoms with E-state index in [1.165, 1.54) is 6.07 Å². The first-order valence-electron chi connectivity index (χ1n) is 8.40. The van der Waals surface area contributed by atoms with Crippen molar-refractivity contribution < 1.29 is 19.0 Å². The van der Waals surface area contributed by atoms with Crippen molar-refractivity contribution in [1.82, 2.24) is 19.9 Å². The molecule has 1 unspecified atom stereocenters. The van der Waals surface area contributed by atoms with Crippen LogP contribution < -0.4 is 0 Å². The molecule has 1 saturated heterocycles. The van der Waals surface area contributed by atoms with Gasteiger partial charge in [-0.15, -0.1) is 0 Å². The van der Waals surface area contributed by atoms with E-state index in [4.69, 9.17) is 9.47 Å². The van der Waals surface area contributed by atoms with Crippen molar-refractivity contribution in [3.8, 4) is 0 Å². The number of halogens is 1. The molecule has 4 rings (SSSR count). The molecule has 3 aromatic rings. The third kappa shape index (κ3) is 3.58. The number of morpholine rings is 1.